The summed E-state index contributed by atoms with van der Waals surface area (Å²) >= 11 is 0. The molecule has 0 radical (unpaired) electrons. The zero-order chi connectivity index (χ0) is 18.8. The Morgan fingerprint density at radius 2 is 1.25 bits per heavy atom. The molecule has 0 aliphatic heterocycles. The maximum atomic E-state index is 2.40. The fourth-order valence-corrected chi connectivity index (χ4v) is 3.99. The molecule has 1 nitrogen and oxygen atoms in total. The molecule has 134 valence electrons. The minimum Gasteiger partial charge on any atom is -0.197 e. The monoisotopic (exact) mass is 360 g/mol. The van der Waals surface area contributed by atoms with Gasteiger partial charge in [0.25, 0.3) is 0 Å². The van der Waals surface area contributed by atoms with Crippen LogP contribution >= 0.6 is 0 Å². The highest BCUT2D eigenvalue weighted by Gasteiger charge is 2.16. The van der Waals surface area contributed by atoms with Crippen LogP contribution in [0.1, 0.15) is 16.8 Å². The lowest BCUT2D eigenvalue weighted by Crippen LogP contribution is -2.39. The SMILES string of the molecule is c1ccc(C[n+]2ccc3ccccc3c2Cc2ccc3ccccc3c2)cc1. The molecule has 0 spiro atoms. The van der Waals surface area contributed by atoms with E-state index in [4.69, 9.17) is 0 Å². The normalized spacial score (nSPS) is 11.1. The quantitative estimate of drug-likeness (QED) is 0.350. The summed E-state index contributed by atoms with van der Waals surface area (Å²) in [5.74, 6) is 0. The highest BCUT2D eigenvalue weighted by molar-refractivity contribution is 5.85. The van der Waals surface area contributed by atoms with E-state index in [1.54, 1.807) is 0 Å². The first-order valence-corrected chi connectivity index (χ1v) is 9.78. The van der Waals surface area contributed by atoms with Crippen LogP contribution < -0.4 is 4.57 Å². The summed E-state index contributed by atoms with van der Waals surface area (Å²) in [5, 5.41) is 5.22. The summed E-state index contributed by atoms with van der Waals surface area (Å²) in [6.07, 6.45) is 3.14. The van der Waals surface area contributed by atoms with Crippen LogP contribution in [-0.4, -0.2) is 0 Å². The van der Waals surface area contributed by atoms with Crippen molar-refractivity contribution in [2.75, 3.05) is 0 Å². The number of rotatable bonds is 4. The number of benzene rings is 4. The molecule has 5 aromatic rings. The summed E-state index contributed by atoms with van der Waals surface area (Å²) in [7, 11) is 0. The van der Waals surface area contributed by atoms with Crippen LogP contribution in [0.25, 0.3) is 21.5 Å². The summed E-state index contributed by atoms with van der Waals surface area (Å²) in [6.45, 7) is 0.884. The first-order chi connectivity index (χ1) is 13.9. The predicted molar refractivity (Wildman–Crippen MR) is 116 cm³/mol. The van der Waals surface area contributed by atoms with Crippen molar-refractivity contribution >= 4 is 21.5 Å². The molecule has 1 aromatic heterocycles. The number of aromatic nitrogens is 1. The van der Waals surface area contributed by atoms with Gasteiger partial charge in [-0.3, -0.25) is 0 Å². The van der Waals surface area contributed by atoms with Crippen LogP contribution in [0, 0.1) is 0 Å². The lowest BCUT2D eigenvalue weighted by Gasteiger charge is -2.09. The Hall–Kier alpha value is -3.45. The molecule has 0 amide bonds. The number of hydrogen-bond acceptors (Lipinski definition) is 0. The van der Waals surface area contributed by atoms with Crippen molar-refractivity contribution in [1.82, 2.24) is 0 Å². The molecule has 4 aromatic carbocycles. The van der Waals surface area contributed by atoms with Crippen molar-refractivity contribution < 1.29 is 4.57 Å². The Kier molecular flexibility index (Phi) is 4.34. The van der Waals surface area contributed by atoms with Gasteiger partial charge in [-0.2, -0.15) is 4.57 Å². The Balaban J connectivity index is 1.61. The minimum absolute atomic E-state index is 0.884. The topological polar surface area (TPSA) is 3.88 Å². The van der Waals surface area contributed by atoms with Crippen molar-refractivity contribution in [3.05, 3.63) is 126 Å². The van der Waals surface area contributed by atoms with Crippen LogP contribution in [0.3, 0.4) is 0 Å². The average molecular weight is 360 g/mol. The molecule has 0 bridgehead atoms. The number of hydrogen-bond donors (Lipinski definition) is 0. The van der Waals surface area contributed by atoms with Crippen molar-refractivity contribution in [3.63, 3.8) is 0 Å². The third-order valence-electron chi connectivity index (χ3n) is 5.43. The zero-order valence-corrected chi connectivity index (χ0v) is 15.8. The van der Waals surface area contributed by atoms with Crippen LogP contribution in [-0.2, 0) is 13.0 Å². The van der Waals surface area contributed by atoms with Crippen molar-refractivity contribution in [1.29, 1.82) is 0 Å². The summed E-state index contributed by atoms with van der Waals surface area (Å²) < 4.78 is 2.40. The molecule has 0 saturated heterocycles. The van der Waals surface area contributed by atoms with Gasteiger partial charge in [0.2, 0.25) is 0 Å². The highest BCUT2D eigenvalue weighted by atomic mass is 15.0. The van der Waals surface area contributed by atoms with E-state index in [9.17, 15) is 0 Å². The second-order valence-electron chi connectivity index (χ2n) is 7.32. The lowest BCUT2D eigenvalue weighted by atomic mass is 10.00. The van der Waals surface area contributed by atoms with Crippen LogP contribution in [0.4, 0.5) is 0 Å². The first-order valence-electron chi connectivity index (χ1n) is 9.78. The van der Waals surface area contributed by atoms with Gasteiger partial charge in [0, 0.05) is 17.0 Å². The molecule has 1 heteroatoms. The number of nitrogens with zero attached hydrogens (tertiary/aromatic N) is 1. The maximum absolute atomic E-state index is 2.40. The van der Waals surface area contributed by atoms with E-state index in [0.717, 1.165) is 13.0 Å². The van der Waals surface area contributed by atoms with Gasteiger partial charge in [0.15, 0.2) is 18.4 Å². The van der Waals surface area contributed by atoms with E-state index < -0.39 is 0 Å². The molecule has 0 unspecified atom stereocenters. The third kappa shape index (κ3) is 3.27. The molecule has 0 N–H and O–H groups in total. The molecule has 0 saturated carbocycles. The van der Waals surface area contributed by atoms with Crippen molar-refractivity contribution in [2.45, 2.75) is 13.0 Å². The summed E-state index contributed by atoms with van der Waals surface area (Å²) in [4.78, 5) is 0. The molecular weight excluding hydrogens is 338 g/mol. The third-order valence-corrected chi connectivity index (χ3v) is 5.43. The van der Waals surface area contributed by atoms with Crippen LogP contribution in [0.15, 0.2) is 109 Å². The van der Waals surface area contributed by atoms with Gasteiger partial charge in [-0.15, -0.1) is 0 Å². The van der Waals surface area contributed by atoms with E-state index in [-0.39, 0.29) is 0 Å². The van der Waals surface area contributed by atoms with E-state index in [0.29, 0.717) is 0 Å². The molecule has 28 heavy (non-hydrogen) atoms. The molecule has 5 rings (SSSR count). The average Bonchev–Trinajstić information content (AvgIpc) is 2.76. The fraction of sp³-hybridized carbons (Fsp3) is 0.0741. The largest absolute Gasteiger partial charge is 0.197 e. The molecule has 0 aliphatic rings. The fourth-order valence-electron chi connectivity index (χ4n) is 3.99. The molecular formula is C27H22N+. The van der Waals surface area contributed by atoms with Gasteiger partial charge in [-0.25, -0.2) is 0 Å². The maximum Gasteiger partial charge on any atom is 0.193 e. The number of pyridine rings is 1. The van der Waals surface area contributed by atoms with E-state index >= 15 is 0 Å². The van der Waals surface area contributed by atoms with Crippen LogP contribution in [0.5, 0.6) is 0 Å². The zero-order valence-electron chi connectivity index (χ0n) is 15.8. The van der Waals surface area contributed by atoms with Gasteiger partial charge in [-0.1, -0.05) is 91.0 Å². The highest BCUT2D eigenvalue weighted by Crippen LogP contribution is 2.21. The number of fused-ring (bicyclic) bond motifs is 2. The van der Waals surface area contributed by atoms with Gasteiger partial charge < -0.3 is 0 Å². The molecule has 1 heterocycles. The first kappa shape index (κ1) is 16.7. The van der Waals surface area contributed by atoms with Gasteiger partial charge in [0.05, 0.1) is 6.42 Å². The van der Waals surface area contributed by atoms with E-state index in [2.05, 4.69) is 114 Å². The second-order valence-corrected chi connectivity index (χ2v) is 7.32. The van der Waals surface area contributed by atoms with Gasteiger partial charge in [-0.05, 0) is 27.8 Å². The van der Waals surface area contributed by atoms with Gasteiger partial charge in [0.1, 0.15) is 0 Å². The molecule has 0 fully saturated rings. The Bertz CT molecular complexity index is 1260. The molecule has 0 aliphatic carbocycles. The van der Waals surface area contributed by atoms with Crippen LogP contribution in [0.2, 0.25) is 0 Å². The standard InChI is InChI=1S/C27H22N/c1-2-8-21(9-3-1)20-28-17-16-24-11-6-7-13-26(24)27(28)19-22-14-15-23-10-4-5-12-25(23)18-22/h1-18H,19-20H2/q+1. The summed E-state index contributed by atoms with van der Waals surface area (Å²) in [6, 6.07) is 37.0. The minimum atomic E-state index is 0.884. The lowest BCUT2D eigenvalue weighted by molar-refractivity contribution is -0.693. The molecule has 0 atom stereocenters. The smallest absolute Gasteiger partial charge is 0.193 e. The second kappa shape index (κ2) is 7.28. The Morgan fingerprint density at radius 3 is 2.11 bits per heavy atom. The van der Waals surface area contributed by atoms with E-state index in [1.165, 1.54) is 38.4 Å². The van der Waals surface area contributed by atoms with E-state index in [1.807, 2.05) is 0 Å². The summed E-state index contributed by atoms with van der Waals surface area (Å²) in [5.41, 5.74) is 4.02. The Labute approximate surface area is 165 Å². The predicted octanol–water partition coefficient (Wildman–Crippen LogP) is 5.92. The van der Waals surface area contributed by atoms with Crippen molar-refractivity contribution in [3.8, 4) is 0 Å². The van der Waals surface area contributed by atoms with Gasteiger partial charge >= 0.3 is 0 Å². The Morgan fingerprint density at radius 1 is 0.536 bits per heavy atom. The van der Waals surface area contributed by atoms with Crippen molar-refractivity contribution in [2.24, 2.45) is 0 Å².